The van der Waals surface area contributed by atoms with Crippen LogP contribution in [0.15, 0.2) is 11.4 Å². The molecule has 112 valence electrons. The lowest BCUT2D eigenvalue weighted by Crippen LogP contribution is -2.36. The van der Waals surface area contributed by atoms with Crippen LogP contribution in [-0.2, 0) is 25.6 Å². The van der Waals surface area contributed by atoms with E-state index in [2.05, 4.69) is 25.3 Å². The third kappa shape index (κ3) is 2.65. The number of thiophene rings is 1. The lowest BCUT2D eigenvalue weighted by molar-refractivity contribution is -0.219. The molecule has 2 aliphatic rings. The molecular weight excluding hydrogens is 276 g/mol. The zero-order valence-electron chi connectivity index (χ0n) is 12.4. The Morgan fingerprint density at radius 3 is 2.80 bits per heavy atom. The summed E-state index contributed by atoms with van der Waals surface area (Å²) in [7, 11) is 0. The molecule has 20 heavy (non-hydrogen) atoms. The largest absolute Gasteiger partial charge is 0.368 e. The van der Waals surface area contributed by atoms with E-state index < -0.39 is 5.79 Å². The maximum absolute atomic E-state index is 6.12. The van der Waals surface area contributed by atoms with E-state index in [0.29, 0.717) is 6.61 Å². The molecule has 4 atom stereocenters. The number of aryl methyl sites for hydroxylation is 1. The van der Waals surface area contributed by atoms with Crippen LogP contribution in [0.25, 0.3) is 0 Å². The third-order valence-corrected chi connectivity index (χ3v) is 4.78. The summed E-state index contributed by atoms with van der Waals surface area (Å²) in [4.78, 5) is 1.30. The fourth-order valence-corrected chi connectivity index (χ4v) is 3.54. The molecule has 0 unspecified atom stereocenters. The monoisotopic (exact) mass is 298 g/mol. The van der Waals surface area contributed by atoms with Crippen LogP contribution in [-0.4, -0.2) is 30.4 Å². The van der Waals surface area contributed by atoms with Gasteiger partial charge in [-0.3, -0.25) is 0 Å². The van der Waals surface area contributed by atoms with Crippen molar-refractivity contribution in [1.29, 1.82) is 0 Å². The number of fused-ring (bicyclic) bond motifs is 1. The van der Waals surface area contributed by atoms with Gasteiger partial charge in [-0.1, -0.05) is 6.92 Å². The van der Waals surface area contributed by atoms with E-state index >= 15 is 0 Å². The molecule has 3 heterocycles. The molecule has 1 aromatic heterocycles. The van der Waals surface area contributed by atoms with Gasteiger partial charge in [-0.15, -0.1) is 11.3 Å². The highest BCUT2D eigenvalue weighted by Gasteiger charge is 2.54. The van der Waals surface area contributed by atoms with Gasteiger partial charge in [0.2, 0.25) is 0 Å². The minimum atomic E-state index is -0.589. The Morgan fingerprint density at radius 1 is 1.35 bits per heavy atom. The molecule has 0 aliphatic carbocycles. The van der Waals surface area contributed by atoms with Gasteiger partial charge >= 0.3 is 0 Å². The van der Waals surface area contributed by atoms with E-state index in [0.717, 1.165) is 6.42 Å². The van der Waals surface area contributed by atoms with Crippen molar-refractivity contribution >= 4 is 11.3 Å². The Kier molecular flexibility index (Phi) is 3.90. The second kappa shape index (κ2) is 5.39. The van der Waals surface area contributed by atoms with Gasteiger partial charge in [0.1, 0.15) is 12.2 Å². The standard InChI is InChI=1S/C15H22O4S/c1-5-11-12(16-8-10-6-7-20-9(10)2)13-14(17-11)19-15(3,4)18-13/h6-7,11-14H,5,8H2,1-4H3/t11-,12+,13-,14-/m1/s1. The van der Waals surface area contributed by atoms with Crippen molar-refractivity contribution in [2.24, 2.45) is 0 Å². The first kappa shape index (κ1) is 14.5. The van der Waals surface area contributed by atoms with Crippen LogP contribution in [0.3, 0.4) is 0 Å². The summed E-state index contributed by atoms with van der Waals surface area (Å²) in [6.07, 6.45) is 0.441. The van der Waals surface area contributed by atoms with E-state index in [9.17, 15) is 0 Å². The molecule has 0 bridgehead atoms. The van der Waals surface area contributed by atoms with Crippen LogP contribution in [0.1, 0.15) is 37.6 Å². The lowest BCUT2D eigenvalue weighted by Gasteiger charge is -2.25. The van der Waals surface area contributed by atoms with E-state index in [-0.39, 0.29) is 24.6 Å². The van der Waals surface area contributed by atoms with Crippen molar-refractivity contribution in [2.45, 2.75) is 71.1 Å². The summed E-state index contributed by atoms with van der Waals surface area (Å²) < 4.78 is 23.8. The molecule has 0 aromatic carbocycles. The molecule has 0 radical (unpaired) electrons. The van der Waals surface area contributed by atoms with E-state index in [1.165, 1.54) is 10.4 Å². The highest BCUT2D eigenvalue weighted by Crippen LogP contribution is 2.39. The Balaban J connectivity index is 1.68. The minimum Gasteiger partial charge on any atom is -0.368 e. The molecular formula is C15H22O4S. The number of ether oxygens (including phenoxy) is 4. The average Bonchev–Trinajstić information content (AvgIpc) is 2.99. The Morgan fingerprint density at radius 2 is 2.15 bits per heavy atom. The van der Waals surface area contributed by atoms with Gasteiger partial charge in [-0.05, 0) is 44.2 Å². The minimum absolute atomic E-state index is 0.0417. The van der Waals surface area contributed by atoms with E-state index in [1.54, 1.807) is 11.3 Å². The lowest BCUT2D eigenvalue weighted by atomic mass is 10.1. The molecule has 0 saturated carbocycles. The summed E-state index contributed by atoms with van der Waals surface area (Å²) in [5, 5.41) is 2.09. The van der Waals surface area contributed by atoms with Gasteiger partial charge in [0.25, 0.3) is 0 Å². The quantitative estimate of drug-likeness (QED) is 0.855. The first-order chi connectivity index (χ1) is 9.50. The highest BCUT2D eigenvalue weighted by molar-refractivity contribution is 7.10. The summed E-state index contributed by atoms with van der Waals surface area (Å²) >= 11 is 1.75. The maximum atomic E-state index is 6.12. The van der Waals surface area contributed by atoms with E-state index in [1.807, 2.05) is 13.8 Å². The van der Waals surface area contributed by atoms with Crippen molar-refractivity contribution in [3.05, 3.63) is 21.9 Å². The molecule has 5 heteroatoms. The van der Waals surface area contributed by atoms with Gasteiger partial charge in [0.05, 0.1) is 12.7 Å². The predicted octanol–water partition coefficient (Wildman–Crippen LogP) is 3.23. The molecule has 0 spiro atoms. The molecule has 0 amide bonds. The second-order valence-corrected chi connectivity index (χ2v) is 6.95. The van der Waals surface area contributed by atoms with Gasteiger partial charge in [0, 0.05) is 4.88 Å². The number of hydrogen-bond acceptors (Lipinski definition) is 5. The van der Waals surface area contributed by atoms with Gasteiger partial charge in [-0.25, -0.2) is 0 Å². The zero-order valence-corrected chi connectivity index (χ0v) is 13.2. The Bertz CT molecular complexity index is 470. The van der Waals surface area contributed by atoms with Crippen molar-refractivity contribution in [3.63, 3.8) is 0 Å². The summed E-state index contributed by atoms with van der Waals surface area (Å²) in [5.74, 6) is -0.589. The highest BCUT2D eigenvalue weighted by atomic mass is 32.1. The number of hydrogen-bond donors (Lipinski definition) is 0. The normalized spacial score (nSPS) is 35.4. The Labute approximate surface area is 124 Å². The predicted molar refractivity (Wildman–Crippen MR) is 76.6 cm³/mol. The van der Waals surface area contributed by atoms with Crippen molar-refractivity contribution in [2.75, 3.05) is 0 Å². The van der Waals surface area contributed by atoms with Crippen molar-refractivity contribution < 1.29 is 18.9 Å². The molecule has 2 aliphatic heterocycles. The van der Waals surface area contributed by atoms with Crippen LogP contribution in [0.4, 0.5) is 0 Å². The summed E-state index contributed by atoms with van der Waals surface area (Å²) in [6, 6.07) is 2.12. The van der Waals surface area contributed by atoms with Gasteiger partial charge in [-0.2, -0.15) is 0 Å². The zero-order chi connectivity index (χ0) is 14.3. The first-order valence-corrected chi connectivity index (χ1v) is 8.04. The third-order valence-electron chi connectivity index (χ3n) is 3.89. The summed E-state index contributed by atoms with van der Waals surface area (Å²) in [6.45, 7) is 8.65. The fraction of sp³-hybridized carbons (Fsp3) is 0.733. The fourth-order valence-electron chi connectivity index (χ4n) is 2.82. The smallest absolute Gasteiger partial charge is 0.190 e. The molecule has 0 N–H and O–H groups in total. The van der Waals surface area contributed by atoms with Gasteiger partial charge < -0.3 is 18.9 Å². The van der Waals surface area contributed by atoms with Crippen LogP contribution in [0, 0.1) is 6.92 Å². The first-order valence-electron chi connectivity index (χ1n) is 7.16. The van der Waals surface area contributed by atoms with Crippen molar-refractivity contribution in [3.8, 4) is 0 Å². The Hall–Kier alpha value is -0.460. The molecule has 2 saturated heterocycles. The van der Waals surface area contributed by atoms with Crippen LogP contribution in [0.2, 0.25) is 0 Å². The van der Waals surface area contributed by atoms with Gasteiger partial charge in [0.15, 0.2) is 12.1 Å². The molecule has 2 fully saturated rings. The molecule has 4 nitrogen and oxygen atoms in total. The van der Waals surface area contributed by atoms with Crippen molar-refractivity contribution in [1.82, 2.24) is 0 Å². The second-order valence-electron chi connectivity index (χ2n) is 5.83. The molecule has 3 rings (SSSR count). The molecule has 1 aromatic rings. The SMILES string of the molecule is CC[C@H]1O[C@@H]2OC(C)(C)O[C@@H]2[C@H]1OCc1ccsc1C. The van der Waals surface area contributed by atoms with E-state index in [4.69, 9.17) is 18.9 Å². The average molecular weight is 298 g/mol. The maximum Gasteiger partial charge on any atom is 0.190 e. The topological polar surface area (TPSA) is 36.9 Å². The summed E-state index contributed by atoms with van der Waals surface area (Å²) in [5.41, 5.74) is 1.24. The number of rotatable bonds is 4. The van der Waals surface area contributed by atoms with Crippen LogP contribution < -0.4 is 0 Å². The van der Waals surface area contributed by atoms with Crippen LogP contribution >= 0.6 is 11.3 Å². The van der Waals surface area contributed by atoms with Crippen LogP contribution in [0.5, 0.6) is 0 Å².